The molecule has 132 valence electrons. The summed E-state index contributed by atoms with van der Waals surface area (Å²) in [4.78, 5) is 22.8. The minimum absolute atomic E-state index is 0.0284. The van der Waals surface area contributed by atoms with Crippen molar-refractivity contribution in [1.29, 1.82) is 5.26 Å². The van der Waals surface area contributed by atoms with Crippen molar-refractivity contribution in [2.24, 2.45) is 0 Å². The number of hydrogen-bond acceptors (Lipinski definition) is 4. The van der Waals surface area contributed by atoms with Crippen LogP contribution in [-0.4, -0.2) is 23.6 Å². The summed E-state index contributed by atoms with van der Waals surface area (Å²) >= 11 is 5.99. The number of carbonyl (C=O) groups excluding carboxylic acids is 1. The van der Waals surface area contributed by atoms with Crippen LogP contribution in [0.5, 0.6) is 5.75 Å². The second-order valence-electron chi connectivity index (χ2n) is 5.17. The van der Waals surface area contributed by atoms with Gasteiger partial charge in [-0.05, 0) is 35.9 Å². The highest BCUT2D eigenvalue weighted by Crippen LogP contribution is 2.22. The minimum Gasteiger partial charge on any atom is -0.493 e. The molecule has 0 fully saturated rings. The number of para-hydroxylation sites is 1. The fourth-order valence-corrected chi connectivity index (χ4v) is 2.20. The van der Waals surface area contributed by atoms with Gasteiger partial charge in [-0.1, -0.05) is 35.9 Å². The van der Waals surface area contributed by atoms with E-state index in [4.69, 9.17) is 21.4 Å². The number of ether oxygens (including phenoxy) is 1. The smallest absolute Gasteiger partial charge is 0.306 e. The molecule has 0 spiro atoms. The molecule has 1 amide bonds. The van der Waals surface area contributed by atoms with Crippen LogP contribution in [0, 0.1) is 11.3 Å². The van der Waals surface area contributed by atoms with Crippen LogP contribution in [0.25, 0.3) is 6.08 Å². The van der Waals surface area contributed by atoms with Gasteiger partial charge in [0.2, 0.25) is 0 Å². The summed E-state index contributed by atoms with van der Waals surface area (Å²) in [5, 5.41) is 20.8. The zero-order chi connectivity index (χ0) is 18.9. The average molecular weight is 371 g/mol. The summed E-state index contributed by atoms with van der Waals surface area (Å²) in [7, 11) is 0. The number of nitriles is 1. The van der Waals surface area contributed by atoms with E-state index < -0.39 is 11.9 Å². The summed E-state index contributed by atoms with van der Waals surface area (Å²) < 4.78 is 5.33. The predicted octanol–water partition coefficient (Wildman–Crippen LogP) is 3.74. The Labute approximate surface area is 155 Å². The van der Waals surface area contributed by atoms with Crippen LogP contribution < -0.4 is 10.1 Å². The van der Waals surface area contributed by atoms with Crippen LogP contribution in [0.1, 0.15) is 12.0 Å². The van der Waals surface area contributed by atoms with Gasteiger partial charge in [0.25, 0.3) is 5.91 Å². The molecule has 6 nitrogen and oxygen atoms in total. The number of nitrogens with zero attached hydrogens (tertiary/aromatic N) is 1. The van der Waals surface area contributed by atoms with Crippen LogP contribution in [-0.2, 0) is 9.59 Å². The van der Waals surface area contributed by atoms with Crippen molar-refractivity contribution in [3.05, 3.63) is 64.7 Å². The maximum Gasteiger partial charge on any atom is 0.306 e. The second kappa shape index (κ2) is 9.25. The van der Waals surface area contributed by atoms with Crippen LogP contribution in [0.2, 0.25) is 5.02 Å². The maximum atomic E-state index is 12.3. The molecule has 0 saturated carbocycles. The third-order valence-corrected chi connectivity index (χ3v) is 3.57. The number of carboxylic acid groups (broad SMARTS) is 1. The van der Waals surface area contributed by atoms with Gasteiger partial charge in [0.15, 0.2) is 0 Å². The molecule has 2 aromatic rings. The zero-order valence-corrected chi connectivity index (χ0v) is 14.4. The van der Waals surface area contributed by atoms with Crippen molar-refractivity contribution in [3.8, 4) is 11.8 Å². The van der Waals surface area contributed by atoms with Crippen molar-refractivity contribution >= 4 is 35.2 Å². The Kier molecular flexibility index (Phi) is 6.77. The van der Waals surface area contributed by atoms with Gasteiger partial charge in [-0.2, -0.15) is 5.26 Å². The molecular weight excluding hydrogens is 356 g/mol. The number of benzene rings is 2. The number of rotatable bonds is 7. The number of carboxylic acids is 1. The molecule has 0 aliphatic rings. The van der Waals surface area contributed by atoms with E-state index in [1.807, 2.05) is 6.07 Å². The molecule has 7 heteroatoms. The highest BCUT2D eigenvalue weighted by atomic mass is 35.5. The van der Waals surface area contributed by atoms with Crippen LogP contribution >= 0.6 is 11.6 Å². The standard InChI is InChI=1S/C19H15ClN2O4/c20-16-6-1-2-7-17(16)22-19(25)14(12-21)10-13-4-3-5-15(11-13)26-9-8-18(23)24/h1-7,10-11H,8-9H2,(H,22,25)(H,23,24)/b14-10-. The van der Waals surface area contributed by atoms with E-state index >= 15 is 0 Å². The molecule has 0 atom stereocenters. The average Bonchev–Trinajstić information content (AvgIpc) is 2.61. The molecular formula is C19H15ClN2O4. The van der Waals surface area contributed by atoms with Gasteiger partial charge in [0.05, 0.1) is 23.7 Å². The van der Waals surface area contributed by atoms with Crippen LogP contribution in [0.3, 0.4) is 0 Å². The molecule has 26 heavy (non-hydrogen) atoms. The molecule has 0 saturated heterocycles. The number of carbonyl (C=O) groups is 2. The molecule has 0 aliphatic carbocycles. The Bertz CT molecular complexity index is 887. The van der Waals surface area contributed by atoms with Crippen molar-refractivity contribution in [3.63, 3.8) is 0 Å². The molecule has 2 rings (SSSR count). The van der Waals surface area contributed by atoms with Gasteiger partial charge >= 0.3 is 5.97 Å². The normalized spacial score (nSPS) is 10.7. The number of aliphatic carboxylic acids is 1. The molecule has 2 N–H and O–H groups in total. The minimum atomic E-state index is -0.955. The van der Waals surface area contributed by atoms with Crippen LogP contribution in [0.4, 0.5) is 5.69 Å². The first kappa shape index (κ1) is 19.0. The van der Waals surface area contributed by atoms with E-state index in [1.54, 1.807) is 48.5 Å². The first-order chi connectivity index (χ1) is 12.5. The quantitative estimate of drug-likeness (QED) is 0.571. The van der Waals surface area contributed by atoms with E-state index in [0.717, 1.165) is 0 Å². The van der Waals surface area contributed by atoms with Crippen molar-refractivity contribution in [2.75, 3.05) is 11.9 Å². The lowest BCUT2D eigenvalue weighted by Crippen LogP contribution is -2.13. The Morgan fingerprint density at radius 2 is 2.00 bits per heavy atom. The first-order valence-electron chi connectivity index (χ1n) is 7.62. The van der Waals surface area contributed by atoms with E-state index in [0.29, 0.717) is 22.0 Å². The first-order valence-corrected chi connectivity index (χ1v) is 7.99. The van der Waals surface area contributed by atoms with Gasteiger partial charge in [0, 0.05) is 0 Å². The largest absolute Gasteiger partial charge is 0.493 e. The predicted molar refractivity (Wildman–Crippen MR) is 97.9 cm³/mol. The summed E-state index contributed by atoms with van der Waals surface area (Å²) in [6.45, 7) is 0.0284. The highest BCUT2D eigenvalue weighted by molar-refractivity contribution is 6.34. The molecule has 0 bridgehead atoms. The molecule has 0 heterocycles. The summed E-state index contributed by atoms with van der Waals surface area (Å²) in [5.41, 5.74) is 0.877. The topological polar surface area (TPSA) is 99.4 Å². The lowest BCUT2D eigenvalue weighted by Gasteiger charge is -2.07. The third-order valence-electron chi connectivity index (χ3n) is 3.24. The number of halogens is 1. The molecule has 0 aliphatic heterocycles. The van der Waals surface area contributed by atoms with E-state index in [2.05, 4.69) is 5.32 Å². The Morgan fingerprint density at radius 3 is 2.69 bits per heavy atom. The van der Waals surface area contributed by atoms with Gasteiger partial charge < -0.3 is 15.2 Å². The molecule has 0 radical (unpaired) electrons. The number of amides is 1. The van der Waals surface area contributed by atoms with Gasteiger partial charge in [-0.15, -0.1) is 0 Å². The maximum absolute atomic E-state index is 12.3. The third kappa shape index (κ3) is 5.65. The lowest BCUT2D eigenvalue weighted by atomic mass is 10.1. The summed E-state index contributed by atoms with van der Waals surface area (Å²) in [6.07, 6.45) is 1.29. The summed E-state index contributed by atoms with van der Waals surface area (Å²) in [6, 6.07) is 15.2. The van der Waals surface area contributed by atoms with Crippen LogP contribution in [0.15, 0.2) is 54.1 Å². The van der Waals surface area contributed by atoms with Gasteiger partial charge in [-0.3, -0.25) is 9.59 Å². The lowest BCUT2D eigenvalue weighted by molar-refractivity contribution is -0.137. The van der Waals surface area contributed by atoms with Crippen molar-refractivity contribution in [1.82, 2.24) is 0 Å². The zero-order valence-electron chi connectivity index (χ0n) is 13.6. The Morgan fingerprint density at radius 1 is 1.23 bits per heavy atom. The SMILES string of the molecule is N#C/C(=C/c1cccc(OCCC(=O)O)c1)C(=O)Nc1ccccc1Cl. The van der Waals surface area contributed by atoms with Crippen molar-refractivity contribution in [2.45, 2.75) is 6.42 Å². The number of anilines is 1. The fourth-order valence-electron chi connectivity index (χ4n) is 2.02. The number of hydrogen-bond donors (Lipinski definition) is 2. The molecule has 0 unspecified atom stereocenters. The fraction of sp³-hybridized carbons (Fsp3) is 0.105. The van der Waals surface area contributed by atoms with Gasteiger partial charge in [0.1, 0.15) is 17.4 Å². The Balaban J connectivity index is 2.12. The molecule has 2 aromatic carbocycles. The monoisotopic (exact) mass is 370 g/mol. The van der Waals surface area contributed by atoms with E-state index in [1.165, 1.54) is 6.08 Å². The second-order valence-corrected chi connectivity index (χ2v) is 5.58. The number of nitrogens with one attached hydrogen (secondary N) is 1. The van der Waals surface area contributed by atoms with E-state index in [9.17, 15) is 14.9 Å². The Hall–Kier alpha value is -3.30. The highest BCUT2D eigenvalue weighted by Gasteiger charge is 2.11. The summed E-state index contributed by atoms with van der Waals surface area (Å²) in [5.74, 6) is -1.09. The molecule has 0 aromatic heterocycles. The van der Waals surface area contributed by atoms with Crippen molar-refractivity contribution < 1.29 is 19.4 Å². The van der Waals surface area contributed by atoms with E-state index in [-0.39, 0.29) is 18.6 Å². The van der Waals surface area contributed by atoms with Gasteiger partial charge in [-0.25, -0.2) is 0 Å².